The molecule has 1 aromatic carbocycles. The summed E-state index contributed by atoms with van der Waals surface area (Å²) in [5.41, 5.74) is 5.46. The van der Waals surface area contributed by atoms with Crippen molar-refractivity contribution in [3.05, 3.63) is 53.7 Å². The maximum absolute atomic E-state index is 12.9. The number of carbonyl (C=O) groups excluding carboxylic acids is 1. The van der Waals surface area contributed by atoms with E-state index in [0.29, 0.717) is 11.5 Å². The number of hydrogen-bond acceptors (Lipinski definition) is 4. The van der Waals surface area contributed by atoms with Crippen molar-refractivity contribution < 1.29 is 4.79 Å². The van der Waals surface area contributed by atoms with Crippen LogP contribution in [0.4, 0.5) is 0 Å². The summed E-state index contributed by atoms with van der Waals surface area (Å²) in [6.45, 7) is 3.53. The van der Waals surface area contributed by atoms with Crippen LogP contribution in [0.25, 0.3) is 22.2 Å². The lowest BCUT2D eigenvalue weighted by atomic mass is 9.95. The third-order valence-corrected chi connectivity index (χ3v) is 5.70. The van der Waals surface area contributed by atoms with Crippen molar-refractivity contribution in [3.63, 3.8) is 0 Å². The van der Waals surface area contributed by atoms with Crippen LogP contribution < -0.4 is 0 Å². The SMILES string of the molecule is Cc1cccc2[nH]c(C3CCN(C(=O)c4cnc5c(c4)ncn5C)CC3)nc12. The molecule has 28 heavy (non-hydrogen) atoms. The van der Waals surface area contributed by atoms with Gasteiger partial charge >= 0.3 is 0 Å². The molecule has 4 aromatic rings. The average Bonchev–Trinajstić information content (AvgIpc) is 3.32. The van der Waals surface area contributed by atoms with Crippen molar-refractivity contribution in [1.29, 1.82) is 0 Å². The van der Waals surface area contributed by atoms with Gasteiger partial charge in [0, 0.05) is 32.3 Å². The summed E-state index contributed by atoms with van der Waals surface area (Å²) in [5, 5.41) is 0. The van der Waals surface area contributed by atoms with Gasteiger partial charge < -0.3 is 14.5 Å². The molecule has 0 radical (unpaired) electrons. The number of imidazole rings is 2. The van der Waals surface area contributed by atoms with Crippen LogP contribution in [0.2, 0.25) is 0 Å². The normalized spacial score (nSPS) is 15.6. The molecule has 0 aliphatic carbocycles. The van der Waals surface area contributed by atoms with Crippen LogP contribution in [-0.2, 0) is 7.05 Å². The number of aromatic amines is 1. The molecule has 4 heterocycles. The summed E-state index contributed by atoms with van der Waals surface area (Å²) < 4.78 is 1.85. The Hall–Kier alpha value is -3.22. The molecule has 0 saturated carbocycles. The van der Waals surface area contributed by atoms with Gasteiger partial charge in [-0.3, -0.25) is 4.79 Å². The number of aromatic nitrogens is 5. The molecule has 1 N–H and O–H groups in total. The molecule has 0 bridgehead atoms. The van der Waals surface area contributed by atoms with Crippen molar-refractivity contribution in [3.8, 4) is 0 Å². The number of nitrogens with one attached hydrogen (secondary N) is 1. The summed E-state index contributed by atoms with van der Waals surface area (Å²) >= 11 is 0. The number of carbonyl (C=O) groups is 1. The van der Waals surface area contributed by atoms with Gasteiger partial charge in [-0.2, -0.15) is 0 Å². The first-order valence-corrected chi connectivity index (χ1v) is 9.62. The number of fused-ring (bicyclic) bond motifs is 2. The summed E-state index contributed by atoms with van der Waals surface area (Å²) in [5.74, 6) is 1.42. The number of amides is 1. The van der Waals surface area contributed by atoms with Gasteiger partial charge in [0.1, 0.15) is 11.3 Å². The number of H-pyrrole nitrogens is 1. The monoisotopic (exact) mass is 374 g/mol. The smallest absolute Gasteiger partial charge is 0.255 e. The summed E-state index contributed by atoms with van der Waals surface area (Å²) in [7, 11) is 1.90. The first kappa shape index (κ1) is 16.9. The molecular weight excluding hydrogens is 352 g/mol. The molecule has 3 aromatic heterocycles. The van der Waals surface area contributed by atoms with E-state index in [4.69, 9.17) is 4.98 Å². The fourth-order valence-corrected chi connectivity index (χ4v) is 4.06. The molecule has 0 atom stereocenters. The number of rotatable bonds is 2. The van der Waals surface area contributed by atoms with Crippen LogP contribution in [0.1, 0.15) is 40.5 Å². The van der Waals surface area contributed by atoms with Gasteiger partial charge in [0.05, 0.1) is 22.9 Å². The lowest BCUT2D eigenvalue weighted by molar-refractivity contribution is 0.0711. The highest BCUT2D eigenvalue weighted by molar-refractivity contribution is 5.96. The van der Waals surface area contributed by atoms with Crippen LogP contribution in [0, 0.1) is 6.92 Å². The molecule has 7 heteroatoms. The van der Waals surface area contributed by atoms with Crippen molar-refractivity contribution >= 4 is 28.1 Å². The zero-order chi connectivity index (χ0) is 19.3. The van der Waals surface area contributed by atoms with Crippen molar-refractivity contribution in [2.24, 2.45) is 7.05 Å². The van der Waals surface area contributed by atoms with Crippen LogP contribution in [0.15, 0.2) is 36.8 Å². The minimum Gasteiger partial charge on any atom is -0.342 e. The third kappa shape index (κ3) is 2.74. The summed E-state index contributed by atoms with van der Waals surface area (Å²) in [6, 6.07) is 8.03. The minimum atomic E-state index is 0.0268. The minimum absolute atomic E-state index is 0.0268. The van der Waals surface area contributed by atoms with Gasteiger partial charge in [0.25, 0.3) is 5.91 Å². The topological polar surface area (TPSA) is 79.7 Å². The molecule has 142 valence electrons. The molecule has 0 spiro atoms. The molecule has 1 aliphatic rings. The number of pyridine rings is 1. The van der Waals surface area contributed by atoms with E-state index in [0.717, 1.165) is 54.0 Å². The third-order valence-electron chi connectivity index (χ3n) is 5.70. The van der Waals surface area contributed by atoms with Crippen molar-refractivity contribution in [1.82, 2.24) is 29.4 Å². The van der Waals surface area contributed by atoms with E-state index in [1.54, 1.807) is 12.5 Å². The molecule has 1 saturated heterocycles. The van der Waals surface area contributed by atoms with Crippen molar-refractivity contribution in [2.75, 3.05) is 13.1 Å². The largest absolute Gasteiger partial charge is 0.342 e. The van der Waals surface area contributed by atoms with E-state index in [-0.39, 0.29) is 5.91 Å². The molecular formula is C21H22N6O. The lowest BCUT2D eigenvalue weighted by Gasteiger charge is -2.31. The zero-order valence-corrected chi connectivity index (χ0v) is 16.0. The van der Waals surface area contributed by atoms with E-state index in [1.165, 1.54) is 5.56 Å². The quantitative estimate of drug-likeness (QED) is 0.584. The number of likely N-dealkylation sites (tertiary alicyclic amines) is 1. The Labute approximate surface area is 162 Å². The maximum atomic E-state index is 12.9. The number of aryl methyl sites for hydroxylation is 2. The molecule has 1 fully saturated rings. The Kier molecular flexibility index (Phi) is 3.89. The number of para-hydroxylation sites is 1. The fraction of sp³-hybridized carbons (Fsp3) is 0.333. The second-order valence-corrected chi connectivity index (χ2v) is 7.58. The number of piperidine rings is 1. The number of nitrogens with zero attached hydrogens (tertiary/aromatic N) is 5. The Balaban J connectivity index is 1.31. The van der Waals surface area contributed by atoms with E-state index in [1.807, 2.05) is 28.6 Å². The van der Waals surface area contributed by atoms with E-state index in [2.05, 4.69) is 34.0 Å². The second kappa shape index (κ2) is 6.44. The van der Waals surface area contributed by atoms with Gasteiger partial charge in [-0.05, 0) is 37.5 Å². The zero-order valence-electron chi connectivity index (χ0n) is 16.0. The van der Waals surface area contributed by atoms with E-state index in [9.17, 15) is 4.79 Å². The van der Waals surface area contributed by atoms with Crippen LogP contribution in [-0.4, -0.2) is 48.4 Å². The van der Waals surface area contributed by atoms with Gasteiger partial charge in [0.2, 0.25) is 0 Å². The fourth-order valence-electron chi connectivity index (χ4n) is 4.06. The predicted octanol–water partition coefficient (Wildman–Crippen LogP) is 3.17. The predicted molar refractivity (Wildman–Crippen MR) is 107 cm³/mol. The van der Waals surface area contributed by atoms with Crippen molar-refractivity contribution in [2.45, 2.75) is 25.7 Å². The molecule has 1 amide bonds. The second-order valence-electron chi connectivity index (χ2n) is 7.58. The Morgan fingerprint density at radius 1 is 1.21 bits per heavy atom. The van der Waals surface area contributed by atoms with Gasteiger partial charge in [0.15, 0.2) is 5.65 Å². The first-order valence-electron chi connectivity index (χ1n) is 9.62. The summed E-state index contributed by atoms with van der Waals surface area (Å²) in [6.07, 6.45) is 5.18. The molecule has 1 aliphatic heterocycles. The molecule has 0 unspecified atom stereocenters. The van der Waals surface area contributed by atoms with E-state index < -0.39 is 0 Å². The van der Waals surface area contributed by atoms with Gasteiger partial charge in [-0.25, -0.2) is 15.0 Å². The molecule has 5 rings (SSSR count). The number of benzene rings is 1. The Bertz CT molecular complexity index is 1180. The highest BCUT2D eigenvalue weighted by Crippen LogP contribution is 2.29. The van der Waals surface area contributed by atoms with Crippen LogP contribution in [0.5, 0.6) is 0 Å². The lowest BCUT2D eigenvalue weighted by Crippen LogP contribution is -2.38. The van der Waals surface area contributed by atoms with Gasteiger partial charge in [-0.15, -0.1) is 0 Å². The maximum Gasteiger partial charge on any atom is 0.255 e. The first-order chi connectivity index (χ1) is 13.6. The van der Waals surface area contributed by atoms with Crippen LogP contribution in [0.3, 0.4) is 0 Å². The van der Waals surface area contributed by atoms with Crippen LogP contribution >= 0.6 is 0 Å². The van der Waals surface area contributed by atoms with Gasteiger partial charge in [-0.1, -0.05) is 12.1 Å². The van der Waals surface area contributed by atoms with E-state index >= 15 is 0 Å². The Morgan fingerprint density at radius 2 is 2.04 bits per heavy atom. The summed E-state index contributed by atoms with van der Waals surface area (Å²) in [4.78, 5) is 31.8. The highest BCUT2D eigenvalue weighted by atomic mass is 16.2. The highest BCUT2D eigenvalue weighted by Gasteiger charge is 2.27. The molecule has 7 nitrogen and oxygen atoms in total. The average molecular weight is 374 g/mol. The standard InChI is InChI=1S/C21H22N6O/c1-13-4-3-5-16-18(13)25-19(24-16)14-6-8-27(9-7-14)21(28)15-10-17-20(22-11-15)26(2)12-23-17/h3-5,10-12,14H,6-9H2,1-2H3,(H,24,25). The number of hydrogen-bond donors (Lipinski definition) is 1. The Morgan fingerprint density at radius 3 is 2.82 bits per heavy atom.